The van der Waals surface area contributed by atoms with E-state index in [1.807, 2.05) is 19.9 Å². The number of allylic oxidation sites excluding steroid dienone is 1. The Balaban J connectivity index is 2.08. The molecule has 0 fully saturated rings. The number of rotatable bonds is 7. The number of ether oxygens (including phenoxy) is 1. The van der Waals surface area contributed by atoms with Crippen LogP contribution in [-0.2, 0) is 11.8 Å². The van der Waals surface area contributed by atoms with Crippen molar-refractivity contribution in [2.75, 3.05) is 6.61 Å². The molecule has 0 unspecified atom stereocenters. The Hall–Kier alpha value is -2.89. The number of aryl methyl sites for hydroxylation is 2. The lowest BCUT2D eigenvalue weighted by Gasteiger charge is -2.05. The van der Waals surface area contributed by atoms with Gasteiger partial charge in [-0.25, -0.2) is 0 Å². The number of ketones is 1. The Bertz CT molecular complexity index is 790. The van der Waals surface area contributed by atoms with E-state index in [2.05, 4.69) is 5.10 Å². The van der Waals surface area contributed by atoms with E-state index in [1.165, 1.54) is 6.08 Å². The quantitative estimate of drug-likeness (QED) is 0.624. The lowest BCUT2D eigenvalue weighted by molar-refractivity contribution is -0.137. The fourth-order valence-corrected chi connectivity index (χ4v) is 2.35. The predicted molar refractivity (Wildman–Crippen MR) is 90.2 cm³/mol. The normalized spacial score (nSPS) is 11.0. The first kappa shape index (κ1) is 17.5. The molecule has 1 aromatic carbocycles. The number of carbonyl (C=O) groups excluding carboxylic acids is 1. The summed E-state index contributed by atoms with van der Waals surface area (Å²) in [6, 6.07) is 7.14. The molecule has 0 atom stereocenters. The minimum absolute atomic E-state index is 0.0574. The zero-order valence-corrected chi connectivity index (χ0v) is 13.9. The molecule has 0 aliphatic rings. The van der Waals surface area contributed by atoms with Crippen LogP contribution in [0.1, 0.15) is 33.7 Å². The van der Waals surface area contributed by atoms with Crippen LogP contribution in [0.15, 0.2) is 30.3 Å². The van der Waals surface area contributed by atoms with Crippen molar-refractivity contribution < 1.29 is 19.4 Å². The molecule has 1 heterocycles. The maximum atomic E-state index is 12.4. The fourth-order valence-electron chi connectivity index (χ4n) is 2.35. The highest BCUT2D eigenvalue weighted by atomic mass is 16.5. The third-order valence-electron chi connectivity index (χ3n) is 3.63. The molecule has 2 aromatic rings. The number of hydrogen-bond donors (Lipinski definition) is 1. The van der Waals surface area contributed by atoms with E-state index >= 15 is 0 Å². The second-order valence-electron chi connectivity index (χ2n) is 5.43. The molecule has 6 heteroatoms. The molecule has 0 bridgehead atoms. The highest BCUT2D eigenvalue weighted by molar-refractivity contribution is 6.08. The van der Waals surface area contributed by atoms with Crippen LogP contribution in [0.2, 0.25) is 0 Å². The smallest absolute Gasteiger partial charge is 0.306 e. The van der Waals surface area contributed by atoms with Gasteiger partial charge >= 0.3 is 5.97 Å². The Kier molecular flexibility index (Phi) is 5.52. The number of carboxylic acid groups (broad SMARTS) is 1. The van der Waals surface area contributed by atoms with Gasteiger partial charge in [-0.2, -0.15) is 5.10 Å². The van der Waals surface area contributed by atoms with Gasteiger partial charge in [-0.15, -0.1) is 0 Å². The molecule has 0 aliphatic heterocycles. The van der Waals surface area contributed by atoms with Crippen LogP contribution in [0.5, 0.6) is 5.75 Å². The Labute approximate surface area is 140 Å². The van der Waals surface area contributed by atoms with Gasteiger partial charge in [-0.1, -0.05) is 18.2 Å². The molecule has 0 amide bonds. The summed E-state index contributed by atoms with van der Waals surface area (Å²) in [4.78, 5) is 22.9. The van der Waals surface area contributed by atoms with Crippen molar-refractivity contribution in [1.29, 1.82) is 0 Å². The molecule has 0 aliphatic carbocycles. The highest BCUT2D eigenvalue weighted by Crippen LogP contribution is 2.17. The molecule has 24 heavy (non-hydrogen) atoms. The zero-order valence-electron chi connectivity index (χ0n) is 13.9. The third kappa shape index (κ3) is 4.32. The maximum Gasteiger partial charge on any atom is 0.306 e. The van der Waals surface area contributed by atoms with Crippen molar-refractivity contribution in [3.05, 3.63) is 52.9 Å². The average Bonchev–Trinajstić information content (AvgIpc) is 2.78. The van der Waals surface area contributed by atoms with E-state index < -0.39 is 5.97 Å². The summed E-state index contributed by atoms with van der Waals surface area (Å²) >= 11 is 0. The zero-order chi connectivity index (χ0) is 17.7. The van der Waals surface area contributed by atoms with Crippen LogP contribution in [-0.4, -0.2) is 33.2 Å². The topological polar surface area (TPSA) is 81.4 Å². The summed E-state index contributed by atoms with van der Waals surface area (Å²) in [6.45, 7) is 3.78. The molecule has 6 nitrogen and oxygen atoms in total. The molecular formula is C18H20N2O4. The van der Waals surface area contributed by atoms with E-state index in [9.17, 15) is 9.59 Å². The maximum absolute atomic E-state index is 12.4. The second kappa shape index (κ2) is 7.59. The van der Waals surface area contributed by atoms with Crippen LogP contribution >= 0.6 is 0 Å². The van der Waals surface area contributed by atoms with Crippen molar-refractivity contribution in [2.24, 2.45) is 7.05 Å². The SMILES string of the molecule is Cc1nn(C)c(C)c1C(=O)C=Cc1cccc(OCCC(=O)O)c1. The summed E-state index contributed by atoms with van der Waals surface area (Å²) in [5.74, 6) is -0.436. The summed E-state index contributed by atoms with van der Waals surface area (Å²) in [5, 5.41) is 12.9. The van der Waals surface area contributed by atoms with Crippen molar-refractivity contribution >= 4 is 17.8 Å². The van der Waals surface area contributed by atoms with E-state index in [-0.39, 0.29) is 18.8 Å². The number of hydrogen-bond acceptors (Lipinski definition) is 4. The number of benzene rings is 1. The van der Waals surface area contributed by atoms with Crippen LogP contribution in [0.25, 0.3) is 6.08 Å². The van der Waals surface area contributed by atoms with Gasteiger partial charge in [-0.3, -0.25) is 14.3 Å². The van der Waals surface area contributed by atoms with Crippen molar-refractivity contribution in [3.63, 3.8) is 0 Å². The number of carbonyl (C=O) groups is 2. The van der Waals surface area contributed by atoms with E-state index in [0.717, 1.165) is 11.3 Å². The summed E-state index contributed by atoms with van der Waals surface area (Å²) < 4.78 is 7.07. The molecule has 1 N–H and O–H groups in total. The van der Waals surface area contributed by atoms with Gasteiger partial charge in [0, 0.05) is 12.7 Å². The Morgan fingerprint density at radius 1 is 1.33 bits per heavy atom. The number of carboxylic acids is 1. The van der Waals surface area contributed by atoms with Crippen LogP contribution in [0, 0.1) is 13.8 Å². The summed E-state index contributed by atoms with van der Waals surface area (Å²) in [7, 11) is 1.81. The number of aliphatic carboxylic acids is 1. The standard InChI is InChI=1S/C18H20N2O4/c1-12-18(13(2)20(3)19-12)16(21)8-7-14-5-4-6-15(11-14)24-10-9-17(22)23/h4-8,11H,9-10H2,1-3H3,(H,22,23). The van der Waals surface area contributed by atoms with Gasteiger partial charge in [0.25, 0.3) is 0 Å². The Morgan fingerprint density at radius 2 is 2.08 bits per heavy atom. The molecule has 0 saturated heterocycles. The lowest BCUT2D eigenvalue weighted by Crippen LogP contribution is -2.04. The summed E-state index contributed by atoms with van der Waals surface area (Å²) in [5.41, 5.74) is 2.95. The van der Waals surface area contributed by atoms with Crippen molar-refractivity contribution in [3.8, 4) is 5.75 Å². The average molecular weight is 328 g/mol. The van der Waals surface area contributed by atoms with Gasteiger partial charge in [-0.05, 0) is 37.6 Å². The van der Waals surface area contributed by atoms with Crippen molar-refractivity contribution in [2.45, 2.75) is 20.3 Å². The van der Waals surface area contributed by atoms with E-state index in [0.29, 0.717) is 17.0 Å². The molecule has 0 saturated carbocycles. The Morgan fingerprint density at radius 3 is 2.71 bits per heavy atom. The van der Waals surface area contributed by atoms with Crippen LogP contribution < -0.4 is 4.74 Å². The third-order valence-corrected chi connectivity index (χ3v) is 3.63. The summed E-state index contributed by atoms with van der Waals surface area (Å²) in [6.07, 6.45) is 3.16. The van der Waals surface area contributed by atoms with Crippen LogP contribution in [0.3, 0.4) is 0 Å². The first-order valence-corrected chi connectivity index (χ1v) is 7.55. The highest BCUT2D eigenvalue weighted by Gasteiger charge is 2.14. The van der Waals surface area contributed by atoms with Gasteiger partial charge in [0.05, 0.1) is 24.3 Å². The molecule has 0 radical (unpaired) electrons. The largest absolute Gasteiger partial charge is 0.493 e. The van der Waals surface area contributed by atoms with Gasteiger partial charge < -0.3 is 9.84 Å². The molecular weight excluding hydrogens is 308 g/mol. The van der Waals surface area contributed by atoms with Crippen molar-refractivity contribution in [1.82, 2.24) is 9.78 Å². The number of aromatic nitrogens is 2. The first-order valence-electron chi connectivity index (χ1n) is 7.55. The van der Waals surface area contributed by atoms with Gasteiger partial charge in [0.1, 0.15) is 5.75 Å². The van der Waals surface area contributed by atoms with Gasteiger partial charge in [0.15, 0.2) is 5.78 Å². The first-order chi connectivity index (χ1) is 11.4. The van der Waals surface area contributed by atoms with E-state index in [1.54, 1.807) is 36.0 Å². The molecule has 126 valence electrons. The second-order valence-corrected chi connectivity index (χ2v) is 5.43. The van der Waals surface area contributed by atoms with Gasteiger partial charge in [0.2, 0.25) is 0 Å². The van der Waals surface area contributed by atoms with E-state index in [4.69, 9.17) is 9.84 Å². The fraction of sp³-hybridized carbons (Fsp3) is 0.278. The van der Waals surface area contributed by atoms with Crippen LogP contribution in [0.4, 0.5) is 0 Å². The lowest BCUT2D eigenvalue weighted by atomic mass is 10.1. The molecule has 0 spiro atoms. The number of nitrogens with zero attached hydrogens (tertiary/aromatic N) is 2. The molecule has 2 rings (SSSR count). The minimum atomic E-state index is -0.904. The predicted octanol–water partition coefficient (Wildman–Crippen LogP) is 2.79. The minimum Gasteiger partial charge on any atom is -0.493 e. The monoisotopic (exact) mass is 328 g/mol. The molecule has 1 aromatic heterocycles.